The highest BCUT2D eigenvalue weighted by Gasteiger charge is 2.27. The van der Waals surface area contributed by atoms with Gasteiger partial charge in [-0.2, -0.15) is 0 Å². The van der Waals surface area contributed by atoms with Gasteiger partial charge in [-0.15, -0.1) is 0 Å². The predicted octanol–water partition coefficient (Wildman–Crippen LogP) is 16.2. The summed E-state index contributed by atoms with van der Waals surface area (Å²) in [6.07, 6.45) is -0.507. The maximum atomic E-state index is 7.13. The maximum absolute atomic E-state index is 7.13. The largest absolute Gasteiger partial charge is 0.456 e. The summed E-state index contributed by atoms with van der Waals surface area (Å²) in [6, 6.07) is 77.5. The van der Waals surface area contributed by atoms with E-state index < -0.39 is 6.17 Å². The monoisotopic (exact) mass is 882 g/mol. The van der Waals surface area contributed by atoms with Crippen LogP contribution in [0.3, 0.4) is 0 Å². The van der Waals surface area contributed by atoms with E-state index in [9.17, 15) is 0 Å². The molecule has 6 nitrogen and oxygen atoms in total. The van der Waals surface area contributed by atoms with Crippen molar-refractivity contribution in [2.45, 2.75) is 6.17 Å². The van der Waals surface area contributed by atoms with Gasteiger partial charge < -0.3 is 18.7 Å². The second kappa shape index (κ2) is 14.6. The number of amidine groups is 2. The van der Waals surface area contributed by atoms with Crippen LogP contribution in [0.15, 0.2) is 237 Å². The molecule has 0 aliphatic carbocycles. The van der Waals surface area contributed by atoms with Crippen molar-refractivity contribution in [2.75, 3.05) is 0 Å². The van der Waals surface area contributed by atoms with Crippen LogP contribution >= 0.6 is 0 Å². The number of para-hydroxylation sites is 1. The Labute approximate surface area is 394 Å². The van der Waals surface area contributed by atoms with E-state index in [1.165, 1.54) is 32.3 Å². The number of hydrogen-bond acceptors (Lipinski definition) is 5. The molecule has 0 saturated carbocycles. The molecule has 1 atom stereocenters. The van der Waals surface area contributed by atoms with Crippen molar-refractivity contribution >= 4 is 110 Å². The molecule has 4 heterocycles. The van der Waals surface area contributed by atoms with Crippen molar-refractivity contribution in [1.29, 1.82) is 0 Å². The topological polar surface area (TPSA) is 68.0 Å². The number of hydrogen-bond donors (Lipinski definition) is 1. The second-order valence-corrected chi connectivity index (χ2v) is 18.1. The van der Waals surface area contributed by atoms with E-state index >= 15 is 0 Å². The summed E-state index contributed by atoms with van der Waals surface area (Å²) in [6.45, 7) is 0. The quantitative estimate of drug-likeness (QED) is 0.187. The smallest absolute Gasteiger partial charge is 0.159 e. The number of nitrogens with one attached hydrogen (secondary N) is 1. The normalized spacial score (nSPS) is 14.2. The summed E-state index contributed by atoms with van der Waals surface area (Å²) in [7, 11) is 0. The van der Waals surface area contributed by atoms with E-state index in [2.05, 4.69) is 204 Å². The van der Waals surface area contributed by atoms with Gasteiger partial charge in [-0.3, -0.25) is 0 Å². The molecule has 322 valence electrons. The molecule has 15 rings (SSSR count). The van der Waals surface area contributed by atoms with Crippen molar-refractivity contribution in [1.82, 2.24) is 9.88 Å². The Kier molecular flexibility index (Phi) is 8.03. The number of fused-ring (bicyclic) bond motifs is 13. The van der Waals surface area contributed by atoms with Gasteiger partial charge in [0.05, 0.1) is 16.7 Å². The molecule has 0 saturated heterocycles. The Morgan fingerprint density at radius 2 is 1.06 bits per heavy atom. The third kappa shape index (κ3) is 5.85. The van der Waals surface area contributed by atoms with Crippen LogP contribution in [0.1, 0.15) is 22.9 Å². The molecule has 0 fully saturated rings. The zero-order chi connectivity index (χ0) is 45.2. The molecular weight excluding hydrogens is 845 g/mol. The van der Waals surface area contributed by atoms with E-state index in [0.29, 0.717) is 5.84 Å². The zero-order valence-corrected chi connectivity index (χ0v) is 37.0. The van der Waals surface area contributed by atoms with Gasteiger partial charge in [-0.05, 0) is 104 Å². The molecule has 1 unspecified atom stereocenters. The minimum absolute atomic E-state index is 0.507. The maximum Gasteiger partial charge on any atom is 0.159 e. The summed E-state index contributed by atoms with van der Waals surface area (Å²) in [5.74, 6) is 1.34. The number of aliphatic imine (C=N–C) groups is 2. The molecule has 0 amide bonds. The Balaban J connectivity index is 1.04. The molecule has 1 N–H and O–H groups in total. The molecule has 3 aromatic heterocycles. The minimum atomic E-state index is -0.507. The number of furan rings is 2. The molecular formula is C63H38N4O2. The van der Waals surface area contributed by atoms with E-state index in [1.807, 2.05) is 24.3 Å². The molecule has 1 aliphatic rings. The number of aromatic nitrogens is 1. The highest BCUT2D eigenvalue weighted by molar-refractivity contribution is 6.25. The van der Waals surface area contributed by atoms with Gasteiger partial charge in [0, 0.05) is 49.0 Å². The van der Waals surface area contributed by atoms with Crippen LogP contribution in [0.5, 0.6) is 0 Å². The first-order chi connectivity index (χ1) is 34.2. The van der Waals surface area contributed by atoms with Crippen LogP contribution in [0.25, 0.3) is 115 Å². The van der Waals surface area contributed by atoms with Gasteiger partial charge in [0.15, 0.2) is 11.4 Å². The molecule has 0 bridgehead atoms. The summed E-state index contributed by atoms with van der Waals surface area (Å²) in [5, 5.41) is 17.3. The summed E-state index contributed by atoms with van der Waals surface area (Å²) < 4.78 is 16.0. The predicted molar refractivity (Wildman–Crippen MR) is 285 cm³/mol. The summed E-state index contributed by atoms with van der Waals surface area (Å²) in [5.41, 5.74) is 11.4. The van der Waals surface area contributed by atoms with Gasteiger partial charge in [-0.25, -0.2) is 9.98 Å². The summed E-state index contributed by atoms with van der Waals surface area (Å²) >= 11 is 0. The van der Waals surface area contributed by atoms with E-state index in [-0.39, 0.29) is 0 Å². The van der Waals surface area contributed by atoms with Crippen LogP contribution in [-0.2, 0) is 0 Å². The van der Waals surface area contributed by atoms with Gasteiger partial charge in [0.2, 0.25) is 0 Å². The highest BCUT2D eigenvalue weighted by Crippen LogP contribution is 2.44. The van der Waals surface area contributed by atoms with Crippen molar-refractivity contribution in [3.8, 4) is 16.8 Å². The molecule has 6 heteroatoms. The third-order valence-corrected chi connectivity index (χ3v) is 14.2. The molecule has 0 spiro atoms. The van der Waals surface area contributed by atoms with Crippen LogP contribution < -0.4 is 5.32 Å². The van der Waals surface area contributed by atoms with Gasteiger partial charge >= 0.3 is 0 Å². The van der Waals surface area contributed by atoms with Gasteiger partial charge in [-0.1, -0.05) is 158 Å². The van der Waals surface area contributed by atoms with Crippen LogP contribution in [0, 0.1) is 0 Å². The molecule has 11 aromatic carbocycles. The van der Waals surface area contributed by atoms with Crippen molar-refractivity contribution in [2.24, 2.45) is 9.98 Å². The Bertz CT molecular complexity index is 4530. The lowest BCUT2D eigenvalue weighted by Crippen LogP contribution is -2.33. The van der Waals surface area contributed by atoms with Crippen LogP contribution in [0.4, 0.5) is 0 Å². The molecule has 0 radical (unpaired) electrons. The van der Waals surface area contributed by atoms with Crippen molar-refractivity contribution in [3.05, 3.63) is 235 Å². The molecule has 69 heavy (non-hydrogen) atoms. The lowest BCUT2D eigenvalue weighted by atomic mass is 10.0. The van der Waals surface area contributed by atoms with E-state index in [1.54, 1.807) is 0 Å². The summed E-state index contributed by atoms with van der Waals surface area (Å²) in [4.78, 5) is 11.1. The third-order valence-electron chi connectivity index (χ3n) is 14.2. The minimum Gasteiger partial charge on any atom is -0.456 e. The fourth-order valence-corrected chi connectivity index (χ4v) is 11.0. The highest BCUT2D eigenvalue weighted by atomic mass is 16.3. The fraction of sp³-hybridized carbons (Fsp3) is 0.0159. The molecule has 1 aliphatic heterocycles. The van der Waals surface area contributed by atoms with E-state index in [4.69, 9.17) is 18.8 Å². The number of nitrogens with zero attached hydrogens (tertiary/aromatic N) is 3. The Morgan fingerprint density at radius 1 is 0.391 bits per heavy atom. The second-order valence-electron chi connectivity index (χ2n) is 18.1. The Hall–Kier alpha value is -9.26. The standard InChI is InChI=1S/C63H38N4O2/c1-2-14-37(15-3-1)39-21-12-22-44(30-39)61-64-62(66-63(65-61)48-25-13-27-56-59(48)47-24-10-11-26-55(47)68-56)45-33-50-49-31-40-17-5-7-20-43(40)36-57(49)69-60(50)54(35-45)67-52-29-28-38-16-8-9-23-46(38)58(52)51-32-41-18-4-6-19-42(41)34-53(51)67/h1-36,63H,(H,64,65,66). The average Bonchev–Trinajstić information content (AvgIpc) is 4.08. The van der Waals surface area contributed by atoms with Crippen LogP contribution in [0.2, 0.25) is 0 Å². The zero-order valence-electron chi connectivity index (χ0n) is 37.0. The first kappa shape index (κ1) is 37.9. The van der Waals surface area contributed by atoms with Gasteiger partial charge in [0.25, 0.3) is 0 Å². The number of rotatable bonds is 5. The fourth-order valence-electron chi connectivity index (χ4n) is 11.0. The lowest BCUT2D eigenvalue weighted by Gasteiger charge is -2.24. The first-order valence-corrected chi connectivity index (χ1v) is 23.4. The SMILES string of the molecule is c1ccc(-c2cccc(C3=NC(c4cc(-n5c6cc7ccccc7cc6c6c7ccccc7ccc65)c5oc6cc7ccccc7cc6c5c4)=NC(c4cccc5oc6ccccc6c45)N3)c2)cc1. The average molecular weight is 883 g/mol. The van der Waals surface area contributed by atoms with Crippen molar-refractivity contribution in [3.63, 3.8) is 0 Å². The molecule has 14 aromatic rings. The Morgan fingerprint density at radius 3 is 1.90 bits per heavy atom. The van der Waals surface area contributed by atoms with E-state index in [0.717, 1.165) is 105 Å². The first-order valence-electron chi connectivity index (χ1n) is 23.4. The van der Waals surface area contributed by atoms with Crippen molar-refractivity contribution < 1.29 is 8.83 Å². The number of benzene rings is 11. The lowest BCUT2D eigenvalue weighted by molar-refractivity contribution is 0.662. The van der Waals surface area contributed by atoms with Crippen LogP contribution in [-0.4, -0.2) is 16.2 Å². The van der Waals surface area contributed by atoms with Gasteiger partial charge in [0.1, 0.15) is 28.8 Å².